The molecule has 117 heavy (non-hydrogen) atoms. The lowest BCUT2D eigenvalue weighted by Gasteiger charge is -2.42. The van der Waals surface area contributed by atoms with Gasteiger partial charge in [-0.15, -0.1) is 5.53 Å². The van der Waals surface area contributed by atoms with Gasteiger partial charge in [0, 0.05) is 97.8 Å². The van der Waals surface area contributed by atoms with E-state index in [2.05, 4.69) is 63.2 Å². The van der Waals surface area contributed by atoms with Crippen molar-refractivity contribution < 1.29 is 142 Å². The van der Waals surface area contributed by atoms with E-state index in [0.717, 1.165) is 5.70 Å². The highest BCUT2D eigenvalue weighted by Gasteiger charge is 2.49. The van der Waals surface area contributed by atoms with Gasteiger partial charge in [0.25, 0.3) is 0 Å². The van der Waals surface area contributed by atoms with Gasteiger partial charge in [0.2, 0.25) is 29.5 Å². The highest BCUT2D eigenvalue weighted by atomic mass is 16.7. The zero-order chi connectivity index (χ0) is 85.5. The van der Waals surface area contributed by atoms with Crippen molar-refractivity contribution in [2.45, 2.75) is 182 Å². The third-order valence-electron chi connectivity index (χ3n) is 19.1. The average molecular weight is 1690 g/mol. The monoisotopic (exact) mass is 1690 g/mol. The van der Waals surface area contributed by atoms with E-state index in [0.29, 0.717) is 52.1 Å². The fourth-order valence-corrected chi connectivity index (χ4v) is 13.3. The Labute approximate surface area is 677 Å². The van der Waals surface area contributed by atoms with Gasteiger partial charge in [-0.3, -0.25) is 43.8 Å². The first-order chi connectivity index (χ1) is 56.1. The molecule has 0 radical (unpaired) electrons. The maximum atomic E-state index is 14.5. The molecule has 27 N–H and O–H groups in total. The molecule has 6 rings (SSSR count). The Morgan fingerprint density at radius 2 is 1.05 bits per heavy atom. The topological polar surface area (TPSA) is 690 Å². The summed E-state index contributed by atoms with van der Waals surface area (Å²) >= 11 is 0. The Hall–Kier alpha value is -6.59. The number of rotatable bonds is 56. The summed E-state index contributed by atoms with van der Waals surface area (Å²) in [6, 6.07) is -5.80. The molecule has 0 aromatic carbocycles. The molecule has 0 bridgehead atoms. The fourth-order valence-electron chi connectivity index (χ4n) is 13.3. The first-order valence-corrected chi connectivity index (χ1v) is 38.9. The zero-order valence-electron chi connectivity index (χ0n) is 66.5. The Morgan fingerprint density at radius 1 is 0.607 bits per heavy atom. The van der Waals surface area contributed by atoms with E-state index in [9.17, 15) is 85.3 Å². The highest BCUT2D eigenvalue weighted by Crippen LogP contribution is 2.27. The van der Waals surface area contributed by atoms with Gasteiger partial charge in [0.15, 0.2) is 25.2 Å². The maximum Gasteiger partial charge on any atom is 0.237 e. The van der Waals surface area contributed by atoms with Crippen LogP contribution in [0.3, 0.4) is 0 Å². The number of carbonyl (C=O) groups excluding carboxylic acids is 5. The molecule has 0 aromatic heterocycles. The molecular weight excluding hydrogens is 1560 g/mol. The van der Waals surface area contributed by atoms with Crippen molar-refractivity contribution in [1.29, 1.82) is 5.53 Å². The minimum atomic E-state index is -1.51. The maximum absolute atomic E-state index is 14.5. The van der Waals surface area contributed by atoms with Crippen molar-refractivity contribution in [3.05, 3.63) is 35.7 Å². The number of unbranched alkanes of at least 4 members (excludes halogenated alkanes) is 1. The SMILES string of the molecule is CC(=O)NC1C(OCCOCCN/C=C(/CN(C/C(N)=C/N(N)CCOCCOC2OC(CO)C(O)C(O)C2NC(C)=O)C(CCCCN(CC2=CN(CCOCCOC3OC(CO)C(O)C(O)C3NC(C)=O)NN2)CC2CN(CCOCCOC3OC(CO)C(O)C(O)C3NC(C)=O)N=N2)C(=O)NCCN)N=N)OC(CO)C(O)C1O. The summed E-state index contributed by atoms with van der Waals surface area (Å²) in [6.07, 6.45) is -15.5. The molecule has 6 aliphatic heterocycles. The van der Waals surface area contributed by atoms with Gasteiger partial charge < -0.3 is 172 Å². The van der Waals surface area contributed by atoms with E-state index in [-0.39, 0.29) is 142 Å². The van der Waals surface area contributed by atoms with Gasteiger partial charge in [-0.25, -0.2) is 11.4 Å². The number of nitrogens with zero attached hydrogens (tertiary/aromatic N) is 8. The fraction of sp³-hybridized carbons (Fsp3) is 0.838. The van der Waals surface area contributed by atoms with Crippen molar-refractivity contribution in [3.8, 4) is 0 Å². The highest BCUT2D eigenvalue weighted by molar-refractivity contribution is 5.81. The van der Waals surface area contributed by atoms with E-state index in [4.69, 9.17) is 79.7 Å². The first-order valence-electron chi connectivity index (χ1n) is 38.9. The molecule has 22 unspecified atom stereocenters. The number of hydrogen-bond acceptors (Lipinski definition) is 44. The molecule has 4 fully saturated rings. The predicted molar refractivity (Wildman–Crippen MR) is 402 cm³/mol. The van der Waals surface area contributed by atoms with Crippen LogP contribution in [0.5, 0.6) is 0 Å². The molecule has 6 aliphatic rings. The number of ether oxygens (including phenoxy) is 12. The molecule has 0 saturated carbocycles. The molecule has 6 heterocycles. The summed E-state index contributed by atoms with van der Waals surface area (Å²) in [7, 11) is 0. The number of hydrazine groups is 3. The second-order valence-electron chi connectivity index (χ2n) is 28.4. The van der Waals surface area contributed by atoms with Crippen molar-refractivity contribution >= 4 is 29.5 Å². The molecule has 49 heteroatoms. The lowest BCUT2D eigenvalue weighted by molar-refractivity contribution is -0.272. The Bertz CT molecular complexity index is 3070. The summed E-state index contributed by atoms with van der Waals surface area (Å²) in [5.74, 6) is 4.00. The number of hydrogen-bond donors (Lipinski definition) is 24. The van der Waals surface area contributed by atoms with Crippen LogP contribution in [0.4, 0.5) is 0 Å². The van der Waals surface area contributed by atoms with Gasteiger partial charge in [-0.05, 0) is 19.4 Å². The van der Waals surface area contributed by atoms with Gasteiger partial charge in [-0.2, -0.15) is 10.2 Å². The predicted octanol–water partition coefficient (Wildman–Crippen LogP) is -12.2. The number of nitrogens with one attached hydrogen (secondary N) is 9. The molecule has 672 valence electrons. The van der Waals surface area contributed by atoms with Gasteiger partial charge in [-0.1, -0.05) is 11.6 Å². The summed E-state index contributed by atoms with van der Waals surface area (Å²) in [6.45, 7) is 5.47. The molecular formula is C68H126N20O29. The molecule has 0 aromatic rings. The normalized spacial score (nSPS) is 29.8. The number of nitrogens with two attached hydrogens (primary N) is 3. The van der Waals surface area contributed by atoms with Gasteiger partial charge in [0.1, 0.15) is 103 Å². The largest absolute Gasteiger partial charge is 0.400 e. The van der Waals surface area contributed by atoms with Crippen LogP contribution in [0.2, 0.25) is 0 Å². The van der Waals surface area contributed by atoms with E-state index < -0.39 is 185 Å². The summed E-state index contributed by atoms with van der Waals surface area (Å²) in [5.41, 5.74) is 28.4. The van der Waals surface area contributed by atoms with Crippen LogP contribution in [0, 0.1) is 5.53 Å². The van der Waals surface area contributed by atoms with Crippen LogP contribution in [0.15, 0.2) is 51.1 Å². The zero-order valence-corrected chi connectivity index (χ0v) is 66.5. The van der Waals surface area contributed by atoms with Crippen LogP contribution in [-0.2, 0) is 80.8 Å². The second-order valence-corrected chi connectivity index (χ2v) is 28.4. The first kappa shape index (κ1) is 99.2. The van der Waals surface area contributed by atoms with Crippen LogP contribution >= 0.6 is 0 Å². The van der Waals surface area contributed by atoms with E-state index >= 15 is 0 Å². The summed E-state index contributed by atoms with van der Waals surface area (Å²) < 4.78 is 68.8. The van der Waals surface area contributed by atoms with Gasteiger partial charge in [0.05, 0.1) is 149 Å². The lowest BCUT2D eigenvalue weighted by Crippen LogP contribution is -2.64. The van der Waals surface area contributed by atoms with Crippen molar-refractivity contribution in [3.63, 3.8) is 0 Å². The molecule has 22 atom stereocenters. The van der Waals surface area contributed by atoms with E-state index in [1.807, 2.05) is 6.20 Å². The second kappa shape index (κ2) is 53.2. The Kier molecular flexibility index (Phi) is 45.2. The number of carbonyl (C=O) groups is 5. The minimum Gasteiger partial charge on any atom is -0.400 e. The Balaban J connectivity index is 1.12. The van der Waals surface area contributed by atoms with Gasteiger partial charge >= 0.3 is 0 Å². The smallest absolute Gasteiger partial charge is 0.237 e. The minimum absolute atomic E-state index is 0.00700. The number of aliphatic hydroxyl groups is 12. The van der Waals surface area contributed by atoms with Crippen molar-refractivity contribution in [1.82, 2.24) is 67.7 Å². The number of amides is 5. The van der Waals surface area contributed by atoms with E-state index in [1.54, 1.807) is 14.9 Å². The van der Waals surface area contributed by atoms with Crippen LogP contribution in [0.25, 0.3) is 0 Å². The Morgan fingerprint density at radius 3 is 1.49 bits per heavy atom. The molecule has 5 amide bonds. The van der Waals surface area contributed by atoms with Crippen LogP contribution in [-0.4, -0.2) is 435 Å². The lowest BCUT2D eigenvalue weighted by atomic mass is 9.97. The third-order valence-corrected chi connectivity index (χ3v) is 19.1. The molecule has 49 nitrogen and oxygen atoms in total. The van der Waals surface area contributed by atoms with Crippen molar-refractivity contribution in [2.75, 3.05) is 184 Å². The average Bonchev–Trinajstić information content (AvgIpc) is 1.16. The van der Waals surface area contributed by atoms with Crippen LogP contribution in [0.1, 0.15) is 47.0 Å². The van der Waals surface area contributed by atoms with Crippen molar-refractivity contribution in [2.24, 2.45) is 32.8 Å². The molecule has 0 spiro atoms. The summed E-state index contributed by atoms with van der Waals surface area (Å²) in [4.78, 5) is 66.1. The molecule has 4 saturated heterocycles. The summed E-state index contributed by atoms with van der Waals surface area (Å²) in [5, 5.41) is 157. The van der Waals surface area contributed by atoms with Crippen LogP contribution < -0.4 is 60.2 Å². The van der Waals surface area contributed by atoms with E-state index in [1.165, 1.54) is 45.1 Å². The third kappa shape index (κ3) is 33.4. The quantitative estimate of drug-likeness (QED) is 0.0116. The standard InChI is InChI=1S/C68H126N20O29/c1-39(93)75-52-60(101)56(97)48(35-89)114-65(52)110-23-19-106-15-10-73-27-44(79-71)32-85(28-43(70)29-86(72)12-16-107-20-24-111-66-53(76-40(2)94)61(102)57(98)49(36-90)115-66)47(64(105)74-9-8-69)7-5-6-11-84(30-45-33-87(82-80-45)13-17-108-21-25-112-67-54(77-41(3)95)62(103)58(99)50(37-91)116-67)31-46-34-88(83-81-46)14-18-109-22-26-113-68-55(78-42(4)96)63(104)59(100)51(38-92)117-68/h27,29,33,46-63,65-68,71,73,80,82,89-92,97-104H,5-26,28,30-32,34-38,69-70,72H2,1-4H3,(H,74,105)(H,75,93)(H,76,94)(H,77,95)(H,78,96)/b43-29-,44-27-,79-71?. The molecule has 0 aliphatic carbocycles. The number of aliphatic hydroxyl groups excluding tert-OH is 12.